The van der Waals surface area contributed by atoms with E-state index in [1.807, 2.05) is 47.1 Å². The highest BCUT2D eigenvalue weighted by atomic mass is 79.9. The van der Waals surface area contributed by atoms with Crippen molar-refractivity contribution in [2.24, 2.45) is 0 Å². The Morgan fingerprint density at radius 3 is 2.75 bits per heavy atom. The second-order valence-corrected chi connectivity index (χ2v) is 6.02. The number of aromatic nitrogens is 4. The lowest BCUT2D eigenvalue weighted by Gasteiger charge is -2.06. The fraction of sp³-hybridized carbons (Fsp3) is 0.118. The molecule has 0 saturated carbocycles. The molecule has 7 heteroatoms. The van der Waals surface area contributed by atoms with Crippen LogP contribution in [0.2, 0.25) is 0 Å². The van der Waals surface area contributed by atoms with Crippen molar-refractivity contribution < 1.29 is 4.42 Å². The second kappa shape index (κ2) is 6.45. The van der Waals surface area contributed by atoms with Gasteiger partial charge in [0.15, 0.2) is 10.3 Å². The van der Waals surface area contributed by atoms with Gasteiger partial charge < -0.3 is 9.73 Å². The maximum atomic E-state index is 5.50. The molecule has 0 aliphatic rings. The monoisotopic (exact) mass is 383 g/mol. The van der Waals surface area contributed by atoms with E-state index in [2.05, 4.69) is 36.3 Å². The van der Waals surface area contributed by atoms with Crippen LogP contribution in [-0.2, 0) is 6.42 Å². The molecule has 0 spiro atoms. The highest BCUT2D eigenvalue weighted by Crippen LogP contribution is 2.21. The van der Waals surface area contributed by atoms with E-state index >= 15 is 0 Å². The van der Waals surface area contributed by atoms with E-state index in [1.54, 1.807) is 12.5 Å². The van der Waals surface area contributed by atoms with Gasteiger partial charge in [0.25, 0.3) is 0 Å². The Morgan fingerprint density at radius 2 is 1.96 bits per heavy atom. The summed E-state index contributed by atoms with van der Waals surface area (Å²) in [4.78, 5) is 8.71. The lowest BCUT2D eigenvalue weighted by molar-refractivity contribution is 0.491. The fourth-order valence-electron chi connectivity index (χ4n) is 2.53. The molecule has 3 aromatic heterocycles. The first-order chi connectivity index (χ1) is 11.8. The molecule has 4 rings (SSSR count). The summed E-state index contributed by atoms with van der Waals surface area (Å²) in [5, 5.41) is 8.67. The van der Waals surface area contributed by atoms with Crippen molar-refractivity contribution in [3.63, 3.8) is 0 Å². The molecule has 0 fully saturated rings. The van der Waals surface area contributed by atoms with E-state index in [0.717, 1.165) is 39.4 Å². The Kier molecular flexibility index (Phi) is 4.00. The third-order valence-corrected chi connectivity index (χ3v) is 4.09. The second-order valence-electron chi connectivity index (χ2n) is 5.23. The van der Waals surface area contributed by atoms with E-state index in [-0.39, 0.29) is 0 Å². The van der Waals surface area contributed by atoms with Crippen LogP contribution in [0.15, 0.2) is 64.1 Å². The Labute approximate surface area is 146 Å². The van der Waals surface area contributed by atoms with Crippen LogP contribution >= 0.6 is 15.9 Å². The molecule has 4 aromatic rings. The first kappa shape index (κ1) is 14.9. The van der Waals surface area contributed by atoms with Crippen LogP contribution < -0.4 is 5.32 Å². The summed E-state index contributed by atoms with van der Waals surface area (Å²) in [6, 6.07) is 13.8. The number of nitrogens with zero attached hydrogens (tertiary/aromatic N) is 4. The topological polar surface area (TPSA) is 68.8 Å². The van der Waals surface area contributed by atoms with Crippen molar-refractivity contribution >= 4 is 32.8 Å². The van der Waals surface area contributed by atoms with E-state index in [9.17, 15) is 0 Å². The molecule has 0 aliphatic heterocycles. The summed E-state index contributed by atoms with van der Waals surface area (Å²) in [6.07, 6.45) is 4.10. The Hall–Kier alpha value is -2.67. The van der Waals surface area contributed by atoms with Crippen molar-refractivity contribution in [2.45, 2.75) is 6.42 Å². The number of halogens is 1. The molecule has 0 aliphatic carbocycles. The largest absolute Gasteiger partial charge is 0.454 e. The van der Waals surface area contributed by atoms with Gasteiger partial charge in [0, 0.05) is 13.0 Å². The molecule has 0 atom stereocenters. The van der Waals surface area contributed by atoms with Crippen molar-refractivity contribution in [3.05, 3.63) is 65.4 Å². The van der Waals surface area contributed by atoms with E-state index in [0.29, 0.717) is 6.54 Å². The Morgan fingerprint density at radius 1 is 1.08 bits per heavy atom. The molecule has 1 N–H and O–H groups in total. The molecule has 6 nitrogen and oxygen atoms in total. The molecule has 0 unspecified atom stereocenters. The lowest BCUT2D eigenvalue weighted by Crippen LogP contribution is -2.06. The van der Waals surface area contributed by atoms with Crippen LogP contribution in [-0.4, -0.2) is 26.3 Å². The number of anilines is 1. The summed E-state index contributed by atoms with van der Waals surface area (Å²) >= 11 is 3.31. The molecule has 0 saturated heterocycles. The smallest absolute Gasteiger partial charge is 0.169 e. The zero-order valence-electron chi connectivity index (χ0n) is 12.7. The average Bonchev–Trinajstić information content (AvgIpc) is 3.22. The van der Waals surface area contributed by atoms with Crippen LogP contribution in [0.1, 0.15) is 5.76 Å². The zero-order chi connectivity index (χ0) is 16.4. The first-order valence-corrected chi connectivity index (χ1v) is 8.33. The molecule has 3 heterocycles. The quantitative estimate of drug-likeness (QED) is 0.567. The molecule has 0 radical (unpaired) electrons. The van der Waals surface area contributed by atoms with Crippen molar-refractivity contribution in [1.82, 2.24) is 19.7 Å². The third-order valence-electron chi connectivity index (χ3n) is 3.66. The maximum Gasteiger partial charge on any atom is 0.169 e. The summed E-state index contributed by atoms with van der Waals surface area (Å²) in [5.74, 6) is 1.69. The number of furan rings is 1. The van der Waals surface area contributed by atoms with E-state index in [1.165, 1.54) is 0 Å². The number of hydrogen-bond acceptors (Lipinski definition) is 5. The summed E-state index contributed by atoms with van der Waals surface area (Å²) in [5.41, 5.74) is 1.75. The van der Waals surface area contributed by atoms with E-state index in [4.69, 9.17) is 4.42 Å². The van der Waals surface area contributed by atoms with Gasteiger partial charge in [0.05, 0.1) is 17.3 Å². The van der Waals surface area contributed by atoms with Gasteiger partial charge in [0.2, 0.25) is 0 Å². The van der Waals surface area contributed by atoms with Crippen molar-refractivity contribution in [1.29, 1.82) is 0 Å². The average molecular weight is 384 g/mol. The molecule has 24 heavy (non-hydrogen) atoms. The zero-order valence-corrected chi connectivity index (χ0v) is 14.3. The number of benzene rings is 1. The minimum absolute atomic E-state index is 0.711. The third kappa shape index (κ3) is 2.90. The summed E-state index contributed by atoms with van der Waals surface area (Å²) in [7, 11) is 0. The maximum absolute atomic E-state index is 5.50. The SMILES string of the molecule is Brc1ccc(CCNc2ncnc3c2cnn3-c2ccccc2)o1. The predicted molar refractivity (Wildman–Crippen MR) is 95.3 cm³/mol. The normalized spacial score (nSPS) is 11.0. The van der Waals surface area contributed by atoms with Gasteiger partial charge in [-0.05, 0) is 40.2 Å². The molecule has 0 amide bonds. The van der Waals surface area contributed by atoms with Gasteiger partial charge in [-0.3, -0.25) is 0 Å². The molecule has 1 aromatic carbocycles. The van der Waals surface area contributed by atoms with Gasteiger partial charge in [-0.25, -0.2) is 14.6 Å². The van der Waals surface area contributed by atoms with Crippen LogP contribution in [0.25, 0.3) is 16.7 Å². The van der Waals surface area contributed by atoms with E-state index < -0.39 is 0 Å². The highest BCUT2D eigenvalue weighted by molar-refractivity contribution is 9.10. The van der Waals surface area contributed by atoms with Gasteiger partial charge in [-0.1, -0.05) is 18.2 Å². The first-order valence-electron chi connectivity index (χ1n) is 7.53. The van der Waals surface area contributed by atoms with Crippen LogP contribution in [0.5, 0.6) is 0 Å². The Balaban J connectivity index is 1.57. The van der Waals surface area contributed by atoms with Crippen LogP contribution in [0.4, 0.5) is 5.82 Å². The molecular formula is C17H14BrN5O. The summed E-state index contributed by atoms with van der Waals surface area (Å²) in [6.45, 7) is 0.711. The minimum atomic E-state index is 0.711. The standard InChI is InChI=1S/C17H14BrN5O/c18-15-7-6-13(24-15)8-9-19-16-14-10-22-23(17(14)21-11-20-16)12-4-2-1-3-5-12/h1-7,10-11H,8-9H2,(H,19,20,21). The van der Waals surface area contributed by atoms with Gasteiger partial charge >= 0.3 is 0 Å². The van der Waals surface area contributed by atoms with Gasteiger partial charge in [-0.2, -0.15) is 5.10 Å². The van der Waals surface area contributed by atoms with Crippen LogP contribution in [0.3, 0.4) is 0 Å². The number of nitrogens with one attached hydrogen (secondary N) is 1. The molecular weight excluding hydrogens is 370 g/mol. The van der Waals surface area contributed by atoms with Crippen LogP contribution in [0, 0.1) is 0 Å². The van der Waals surface area contributed by atoms with Gasteiger partial charge in [0.1, 0.15) is 17.9 Å². The minimum Gasteiger partial charge on any atom is -0.454 e. The number of hydrogen-bond donors (Lipinski definition) is 1. The van der Waals surface area contributed by atoms with Gasteiger partial charge in [-0.15, -0.1) is 0 Å². The van der Waals surface area contributed by atoms with Crippen molar-refractivity contribution in [2.75, 3.05) is 11.9 Å². The highest BCUT2D eigenvalue weighted by Gasteiger charge is 2.10. The number of para-hydroxylation sites is 1. The van der Waals surface area contributed by atoms with Crippen molar-refractivity contribution in [3.8, 4) is 5.69 Å². The lowest BCUT2D eigenvalue weighted by atomic mass is 10.3. The number of rotatable bonds is 5. The molecule has 120 valence electrons. The molecule has 0 bridgehead atoms. The number of fused-ring (bicyclic) bond motifs is 1. The summed E-state index contributed by atoms with van der Waals surface area (Å²) < 4.78 is 8.05. The predicted octanol–water partition coefficient (Wildman–Crippen LogP) is 3.83. The Bertz CT molecular complexity index is 963. The fourth-order valence-corrected chi connectivity index (χ4v) is 2.87.